The van der Waals surface area contributed by atoms with Crippen LogP contribution in [0.4, 0.5) is 13.2 Å². The fraction of sp³-hybridized carbons (Fsp3) is 0.576. The number of benzene rings is 1. The van der Waals surface area contributed by atoms with Crippen molar-refractivity contribution in [2.75, 3.05) is 57.8 Å². The van der Waals surface area contributed by atoms with Crippen molar-refractivity contribution in [1.82, 2.24) is 28.9 Å². The molecular weight excluding hydrogens is 685 g/mol. The van der Waals surface area contributed by atoms with Gasteiger partial charge in [0.1, 0.15) is 0 Å². The van der Waals surface area contributed by atoms with Crippen molar-refractivity contribution in [2.45, 2.75) is 68.3 Å². The Balaban J connectivity index is 1.21. The number of sulfonamides is 1. The molecule has 1 unspecified atom stereocenters. The van der Waals surface area contributed by atoms with E-state index >= 15 is 0 Å². The first-order valence-electron chi connectivity index (χ1n) is 16.5. The lowest BCUT2D eigenvalue weighted by molar-refractivity contribution is -0.139. The average Bonchev–Trinajstić information content (AvgIpc) is 3.69. The molecule has 48 heavy (non-hydrogen) atoms. The van der Waals surface area contributed by atoms with E-state index in [1.165, 1.54) is 28.2 Å². The molecule has 0 aliphatic carbocycles. The maximum Gasteiger partial charge on any atom is 0.417 e. The van der Waals surface area contributed by atoms with Gasteiger partial charge in [-0.15, -0.1) is 11.8 Å². The Morgan fingerprint density at radius 3 is 2.50 bits per heavy atom. The SMILES string of the molecule is CS(=O)(=O)N1CCc2c(c(-c3ccc(C(F)(F)F)c(SCCN4CCCC4)c3)nn2CC(O)CN2CCC(c3ncccc3Cl)CC2)C1. The highest BCUT2D eigenvalue weighted by atomic mass is 35.5. The molecule has 2 fully saturated rings. The zero-order valence-corrected chi connectivity index (χ0v) is 29.4. The van der Waals surface area contributed by atoms with Crippen LogP contribution in [0.15, 0.2) is 41.4 Å². The van der Waals surface area contributed by atoms with Gasteiger partial charge in [0.25, 0.3) is 0 Å². The first kappa shape index (κ1) is 35.6. The Morgan fingerprint density at radius 2 is 1.81 bits per heavy atom. The van der Waals surface area contributed by atoms with E-state index in [0.29, 0.717) is 47.1 Å². The second kappa shape index (κ2) is 15.0. The van der Waals surface area contributed by atoms with Crippen LogP contribution in [0.3, 0.4) is 0 Å². The highest BCUT2D eigenvalue weighted by Gasteiger charge is 2.35. The van der Waals surface area contributed by atoms with Crippen molar-refractivity contribution in [3.8, 4) is 11.3 Å². The molecule has 1 atom stereocenters. The summed E-state index contributed by atoms with van der Waals surface area (Å²) in [7, 11) is -3.51. The van der Waals surface area contributed by atoms with E-state index in [1.54, 1.807) is 10.9 Å². The normalized spacial score (nSPS) is 19.5. The highest BCUT2D eigenvalue weighted by molar-refractivity contribution is 7.99. The summed E-state index contributed by atoms with van der Waals surface area (Å²) in [4.78, 5) is 9.09. The largest absolute Gasteiger partial charge is 0.417 e. The zero-order valence-electron chi connectivity index (χ0n) is 27.0. The number of thioether (sulfide) groups is 1. The number of piperidine rings is 1. The van der Waals surface area contributed by atoms with Crippen LogP contribution in [0.1, 0.15) is 54.1 Å². The first-order chi connectivity index (χ1) is 22.9. The third kappa shape index (κ3) is 8.39. The molecule has 1 aromatic carbocycles. The van der Waals surface area contributed by atoms with Crippen molar-refractivity contribution >= 4 is 33.4 Å². The van der Waals surface area contributed by atoms with Gasteiger partial charge in [0, 0.05) is 72.2 Å². The Hall–Kier alpha value is -2.20. The van der Waals surface area contributed by atoms with Crippen LogP contribution in [0.5, 0.6) is 0 Å². The number of hydrogen-bond donors (Lipinski definition) is 1. The second-order valence-corrected chi connectivity index (χ2v) is 16.5. The van der Waals surface area contributed by atoms with Gasteiger partial charge in [-0.05, 0) is 76.1 Å². The number of alkyl halides is 3. The van der Waals surface area contributed by atoms with Crippen LogP contribution in [0.25, 0.3) is 11.3 Å². The molecule has 3 aliphatic rings. The molecule has 2 aromatic heterocycles. The van der Waals surface area contributed by atoms with Crippen molar-refractivity contribution < 1.29 is 26.7 Å². The number of aromatic nitrogens is 3. The molecule has 15 heteroatoms. The molecule has 0 spiro atoms. The van der Waals surface area contributed by atoms with Crippen LogP contribution >= 0.6 is 23.4 Å². The summed E-state index contributed by atoms with van der Waals surface area (Å²) < 4.78 is 70.4. The number of rotatable bonds is 11. The molecule has 3 aliphatic heterocycles. The molecule has 3 aromatic rings. The maximum atomic E-state index is 14.1. The van der Waals surface area contributed by atoms with Gasteiger partial charge < -0.3 is 14.9 Å². The van der Waals surface area contributed by atoms with E-state index in [9.17, 15) is 26.7 Å². The molecular formula is C33H42ClF3N6O3S2. The van der Waals surface area contributed by atoms with E-state index in [-0.39, 0.29) is 30.4 Å². The van der Waals surface area contributed by atoms with Gasteiger partial charge in [0.2, 0.25) is 10.0 Å². The van der Waals surface area contributed by atoms with Gasteiger partial charge in [-0.2, -0.15) is 22.6 Å². The minimum absolute atomic E-state index is 0.0711. The molecule has 0 saturated carbocycles. The molecule has 2 saturated heterocycles. The van der Waals surface area contributed by atoms with Gasteiger partial charge in [-0.3, -0.25) is 9.67 Å². The lowest BCUT2D eigenvalue weighted by Crippen LogP contribution is -2.40. The van der Waals surface area contributed by atoms with Crippen LogP contribution in [0, 0.1) is 0 Å². The van der Waals surface area contributed by atoms with Crippen LogP contribution < -0.4 is 0 Å². The minimum Gasteiger partial charge on any atom is -0.390 e. The fourth-order valence-electron chi connectivity index (χ4n) is 7.09. The van der Waals surface area contributed by atoms with Gasteiger partial charge in [0.15, 0.2) is 0 Å². The molecule has 9 nitrogen and oxygen atoms in total. The number of pyridine rings is 1. The number of aliphatic hydroxyl groups excluding tert-OH is 1. The standard InChI is InChI=1S/C33H42ClF3N6O3S2/c1-48(45,46)42-16-10-29-26(22-42)31(24-6-7-27(33(35,36)37)30(19-24)47-18-17-40-12-2-3-13-40)39-43(29)21-25(44)20-41-14-8-23(9-15-41)32-28(34)5-4-11-38-32/h4-7,11,19,23,25,44H,2-3,8-10,12-18,20-22H2,1H3. The van der Waals surface area contributed by atoms with Crippen LogP contribution in [-0.2, 0) is 35.7 Å². The summed E-state index contributed by atoms with van der Waals surface area (Å²) >= 11 is 7.56. The Bertz CT molecular complexity index is 1690. The number of nitrogens with zero attached hydrogens (tertiary/aromatic N) is 6. The summed E-state index contributed by atoms with van der Waals surface area (Å²) in [6.45, 7) is 5.17. The second-order valence-electron chi connectivity index (χ2n) is 13.0. The third-order valence-corrected chi connectivity index (χ3v) is 12.2. The van der Waals surface area contributed by atoms with E-state index in [4.69, 9.17) is 16.7 Å². The number of likely N-dealkylation sites (tertiary alicyclic amines) is 2. The number of hydrogen-bond acceptors (Lipinski definition) is 8. The van der Waals surface area contributed by atoms with Crippen LogP contribution in [-0.4, -0.2) is 106 Å². The predicted octanol–water partition coefficient (Wildman–Crippen LogP) is 5.36. The zero-order chi connectivity index (χ0) is 34.1. The number of fused-ring (bicyclic) bond motifs is 1. The van der Waals surface area contributed by atoms with E-state index in [1.807, 2.05) is 12.1 Å². The topological polar surface area (TPSA) is 94.8 Å². The molecule has 6 rings (SSSR count). The Labute approximate surface area is 289 Å². The van der Waals surface area contributed by atoms with E-state index in [0.717, 1.165) is 75.6 Å². The lowest BCUT2D eigenvalue weighted by atomic mass is 9.93. The van der Waals surface area contributed by atoms with Crippen LogP contribution in [0.2, 0.25) is 5.02 Å². The smallest absolute Gasteiger partial charge is 0.390 e. The van der Waals surface area contributed by atoms with Crippen molar-refractivity contribution in [3.63, 3.8) is 0 Å². The third-order valence-electron chi connectivity index (χ3n) is 9.61. The van der Waals surface area contributed by atoms with Gasteiger partial charge >= 0.3 is 6.18 Å². The summed E-state index contributed by atoms with van der Waals surface area (Å²) in [5.74, 6) is 0.789. The van der Waals surface area contributed by atoms with Crippen molar-refractivity contribution in [2.24, 2.45) is 0 Å². The van der Waals surface area contributed by atoms with E-state index < -0.39 is 27.9 Å². The van der Waals surface area contributed by atoms with Crippen molar-refractivity contribution in [1.29, 1.82) is 0 Å². The van der Waals surface area contributed by atoms with Gasteiger partial charge in [0.05, 0.1) is 40.9 Å². The highest BCUT2D eigenvalue weighted by Crippen LogP contribution is 2.40. The predicted molar refractivity (Wildman–Crippen MR) is 182 cm³/mol. The lowest BCUT2D eigenvalue weighted by Gasteiger charge is -2.33. The summed E-state index contributed by atoms with van der Waals surface area (Å²) in [6, 6.07) is 7.74. The number of halogens is 4. The molecule has 5 heterocycles. The molecule has 1 N–H and O–H groups in total. The Kier molecular flexibility index (Phi) is 11.1. The summed E-state index contributed by atoms with van der Waals surface area (Å²) in [6.07, 6.45) is 2.00. The summed E-state index contributed by atoms with van der Waals surface area (Å²) in [5.41, 5.74) is 2.65. The quantitative estimate of drug-likeness (QED) is 0.264. The first-order valence-corrected chi connectivity index (χ1v) is 19.7. The molecule has 0 amide bonds. The Morgan fingerprint density at radius 1 is 1.06 bits per heavy atom. The summed E-state index contributed by atoms with van der Waals surface area (Å²) in [5, 5.41) is 16.7. The average molecular weight is 727 g/mol. The maximum absolute atomic E-state index is 14.1. The van der Waals surface area contributed by atoms with Gasteiger partial charge in [-0.25, -0.2) is 8.42 Å². The molecule has 262 valence electrons. The molecule has 0 bridgehead atoms. The van der Waals surface area contributed by atoms with Crippen molar-refractivity contribution in [3.05, 3.63) is 64.1 Å². The monoisotopic (exact) mass is 726 g/mol. The minimum atomic E-state index is -4.51. The molecule has 0 radical (unpaired) electrons. The number of aliphatic hydroxyl groups is 1. The van der Waals surface area contributed by atoms with E-state index in [2.05, 4.69) is 14.8 Å². The number of β-amino-alcohol motifs (C(OH)–C–C–N with tert-alkyl or cyclic N) is 1. The van der Waals surface area contributed by atoms with Gasteiger partial charge in [-0.1, -0.05) is 17.7 Å². The fourth-order valence-corrected chi connectivity index (χ4v) is 9.27.